The lowest BCUT2D eigenvalue weighted by atomic mass is 9.91. The van der Waals surface area contributed by atoms with Gasteiger partial charge in [0.1, 0.15) is 16.2 Å². The van der Waals surface area contributed by atoms with Gasteiger partial charge in [0.25, 0.3) is 0 Å². The van der Waals surface area contributed by atoms with Crippen molar-refractivity contribution in [1.29, 1.82) is 0 Å². The van der Waals surface area contributed by atoms with Crippen molar-refractivity contribution in [3.63, 3.8) is 0 Å². The summed E-state index contributed by atoms with van der Waals surface area (Å²) >= 11 is 6.99. The Bertz CT molecular complexity index is 869. The molecular formula is C25H35NO5S2. The fraction of sp³-hybridized carbons (Fsp3) is 0.600. The second-order valence-electron chi connectivity index (χ2n) is 9.97. The minimum Gasteiger partial charge on any atom is -0.497 e. The van der Waals surface area contributed by atoms with Gasteiger partial charge in [-0.3, -0.25) is 9.69 Å². The van der Waals surface area contributed by atoms with Crippen molar-refractivity contribution in [3.05, 3.63) is 42.5 Å². The van der Waals surface area contributed by atoms with E-state index >= 15 is 0 Å². The topological polar surface area (TPSA) is 68.2 Å². The first-order valence-corrected chi connectivity index (χ1v) is 12.5. The highest BCUT2D eigenvalue weighted by Gasteiger charge is 2.45. The molecule has 0 aliphatic carbocycles. The molecule has 2 fully saturated rings. The van der Waals surface area contributed by atoms with E-state index in [1.54, 1.807) is 29.8 Å². The average Bonchev–Trinajstić information content (AvgIpc) is 3.33. The number of benzene rings is 1. The van der Waals surface area contributed by atoms with Crippen LogP contribution in [0.25, 0.3) is 0 Å². The number of rotatable bonds is 8. The minimum absolute atomic E-state index is 0.0369. The third kappa shape index (κ3) is 6.17. The number of carbonyl (C=O) groups excluding carboxylic acids is 1. The standard InChI is InChI=1S/C25H35NO5S2/c1-7-19-25(5,31-22(30-19)16-8-10-18(29-6)11-9-16)13-12-17(27)14-21(28)26-15-20(24(2,3)4)33-23(26)32/h7-11,17,19-20,22,27H,1,12-15H2,2-6H3/t17-,19-,20-,22?,25+/m0/s1. The summed E-state index contributed by atoms with van der Waals surface area (Å²) in [4.78, 5) is 14.4. The molecule has 1 amide bonds. The molecule has 1 N–H and O–H groups in total. The summed E-state index contributed by atoms with van der Waals surface area (Å²) in [5, 5.41) is 10.9. The summed E-state index contributed by atoms with van der Waals surface area (Å²) in [6.45, 7) is 12.9. The van der Waals surface area contributed by atoms with Crippen LogP contribution in [-0.4, -0.2) is 56.9 Å². The van der Waals surface area contributed by atoms with E-state index in [1.165, 1.54) is 0 Å². The van der Waals surface area contributed by atoms with Crippen molar-refractivity contribution in [3.8, 4) is 5.75 Å². The summed E-state index contributed by atoms with van der Waals surface area (Å²) < 4.78 is 18.2. The molecule has 1 unspecified atom stereocenters. The number of aliphatic hydroxyl groups excluding tert-OH is 1. The van der Waals surface area contributed by atoms with Gasteiger partial charge in [-0.25, -0.2) is 0 Å². The van der Waals surface area contributed by atoms with Gasteiger partial charge in [-0.15, -0.1) is 6.58 Å². The molecule has 2 aliphatic rings. The van der Waals surface area contributed by atoms with Crippen LogP contribution in [0.3, 0.4) is 0 Å². The van der Waals surface area contributed by atoms with E-state index in [4.69, 9.17) is 26.4 Å². The molecule has 0 spiro atoms. The van der Waals surface area contributed by atoms with Crippen LogP contribution in [0.5, 0.6) is 5.75 Å². The van der Waals surface area contributed by atoms with Gasteiger partial charge in [0.2, 0.25) is 5.91 Å². The second kappa shape index (κ2) is 10.4. The van der Waals surface area contributed by atoms with Gasteiger partial charge in [-0.2, -0.15) is 0 Å². The van der Waals surface area contributed by atoms with Gasteiger partial charge in [0.15, 0.2) is 6.29 Å². The van der Waals surface area contributed by atoms with Crippen LogP contribution in [0.15, 0.2) is 36.9 Å². The van der Waals surface area contributed by atoms with E-state index in [0.717, 1.165) is 11.3 Å². The maximum absolute atomic E-state index is 12.8. The molecule has 2 heterocycles. The van der Waals surface area contributed by atoms with Crippen molar-refractivity contribution in [2.75, 3.05) is 13.7 Å². The third-order valence-electron chi connectivity index (χ3n) is 6.31. The van der Waals surface area contributed by atoms with Crippen molar-refractivity contribution >= 4 is 34.2 Å². The molecule has 1 aromatic carbocycles. The molecule has 0 saturated carbocycles. The van der Waals surface area contributed by atoms with Crippen LogP contribution in [0.1, 0.15) is 58.8 Å². The predicted molar refractivity (Wildman–Crippen MR) is 135 cm³/mol. The van der Waals surface area contributed by atoms with Crippen molar-refractivity contribution < 1.29 is 24.1 Å². The number of hydrogen-bond acceptors (Lipinski definition) is 7. The van der Waals surface area contributed by atoms with E-state index < -0.39 is 18.0 Å². The van der Waals surface area contributed by atoms with Crippen LogP contribution in [0.2, 0.25) is 0 Å². The van der Waals surface area contributed by atoms with E-state index in [1.807, 2.05) is 31.2 Å². The molecule has 5 atom stereocenters. The monoisotopic (exact) mass is 493 g/mol. The van der Waals surface area contributed by atoms with Crippen LogP contribution in [-0.2, 0) is 14.3 Å². The molecular weight excluding hydrogens is 458 g/mol. The Labute approximate surface area is 206 Å². The summed E-state index contributed by atoms with van der Waals surface area (Å²) in [7, 11) is 1.62. The van der Waals surface area contributed by atoms with Gasteiger partial charge in [0.05, 0.1) is 25.2 Å². The number of hydrogen-bond donors (Lipinski definition) is 1. The first-order chi connectivity index (χ1) is 15.5. The van der Waals surface area contributed by atoms with Gasteiger partial charge in [0, 0.05) is 17.4 Å². The van der Waals surface area contributed by atoms with E-state index in [2.05, 4.69) is 27.4 Å². The highest BCUT2D eigenvalue weighted by molar-refractivity contribution is 8.23. The Morgan fingerprint density at radius 1 is 1.42 bits per heavy atom. The molecule has 33 heavy (non-hydrogen) atoms. The Balaban J connectivity index is 1.56. The molecule has 0 radical (unpaired) electrons. The zero-order chi connectivity index (χ0) is 24.4. The predicted octanol–water partition coefficient (Wildman–Crippen LogP) is 4.86. The van der Waals surface area contributed by atoms with Crippen LogP contribution in [0, 0.1) is 5.41 Å². The lowest BCUT2D eigenvalue weighted by Gasteiger charge is -2.28. The normalized spacial score (nSPS) is 28.7. The average molecular weight is 494 g/mol. The molecule has 2 aliphatic heterocycles. The summed E-state index contributed by atoms with van der Waals surface area (Å²) in [6.07, 6.45) is 1.04. The highest BCUT2D eigenvalue weighted by atomic mass is 32.2. The van der Waals surface area contributed by atoms with E-state index in [-0.39, 0.29) is 29.1 Å². The van der Waals surface area contributed by atoms with Crippen LogP contribution < -0.4 is 4.74 Å². The quantitative estimate of drug-likeness (QED) is 0.410. The smallest absolute Gasteiger partial charge is 0.230 e. The number of ether oxygens (including phenoxy) is 3. The Hall–Kier alpha value is -1.45. The number of thioether (sulfide) groups is 1. The third-order valence-corrected chi connectivity index (χ3v) is 8.39. The molecule has 8 heteroatoms. The Morgan fingerprint density at radius 2 is 2.09 bits per heavy atom. The maximum atomic E-state index is 12.8. The van der Waals surface area contributed by atoms with Gasteiger partial charge in [-0.1, -0.05) is 63.0 Å². The zero-order valence-electron chi connectivity index (χ0n) is 20.1. The number of thiocarbonyl (C=S) groups is 1. The number of carbonyl (C=O) groups is 1. The SMILES string of the molecule is C=C[C@@H]1OC(c2ccc(OC)cc2)O[C@]1(C)CC[C@H](O)CC(=O)N1C[C@@H](C(C)(C)C)SC1=S. The molecule has 1 aromatic rings. The van der Waals surface area contributed by atoms with Gasteiger partial charge >= 0.3 is 0 Å². The first-order valence-electron chi connectivity index (χ1n) is 11.3. The Kier molecular flexibility index (Phi) is 8.28. The molecule has 2 saturated heterocycles. The summed E-state index contributed by atoms with van der Waals surface area (Å²) in [5.41, 5.74) is 0.277. The molecule has 3 rings (SSSR count). The van der Waals surface area contributed by atoms with Crippen LogP contribution >= 0.6 is 24.0 Å². The van der Waals surface area contributed by atoms with Gasteiger partial charge < -0.3 is 19.3 Å². The zero-order valence-corrected chi connectivity index (χ0v) is 21.7. The molecule has 0 aromatic heterocycles. The number of amides is 1. The molecule has 6 nitrogen and oxygen atoms in total. The fourth-order valence-electron chi connectivity index (χ4n) is 4.01. The minimum atomic E-state index is -0.787. The van der Waals surface area contributed by atoms with E-state index in [0.29, 0.717) is 23.7 Å². The van der Waals surface area contributed by atoms with Crippen molar-refractivity contribution in [2.24, 2.45) is 5.41 Å². The Morgan fingerprint density at radius 3 is 2.64 bits per heavy atom. The molecule has 182 valence electrons. The maximum Gasteiger partial charge on any atom is 0.230 e. The lowest BCUT2D eigenvalue weighted by molar-refractivity contribution is -0.129. The first kappa shape index (κ1) is 26.2. The molecule has 0 bridgehead atoms. The van der Waals surface area contributed by atoms with Crippen molar-refractivity contribution in [1.82, 2.24) is 4.90 Å². The van der Waals surface area contributed by atoms with Crippen molar-refractivity contribution in [2.45, 2.75) is 76.3 Å². The number of aliphatic hydroxyl groups is 1. The number of nitrogens with zero attached hydrogens (tertiary/aromatic N) is 1. The second-order valence-corrected chi connectivity index (χ2v) is 11.8. The fourth-order valence-corrected chi connectivity index (χ4v) is 5.66. The van der Waals surface area contributed by atoms with Gasteiger partial charge in [-0.05, 0) is 37.3 Å². The summed E-state index contributed by atoms with van der Waals surface area (Å²) in [5.74, 6) is 0.633. The lowest BCUT2D eigenvalue weighted by Crippen LogP contribution is -2.38. The van der Waals surface area contributed by atoms with Crippen LogP contribution in [0.4, 0.5) is 0 Å². The van der Waals surface area contributed by atoms with E-state index in [9.17, 15) is 9.90 Å². The number of methoxy groups -OCH3 is 1. The summed E-state index contributed by atoms with van der Waals surface area (Å²) in [6, 6.07) is 7.54. The highest BCUT2D eigenvalue weighted by Crippen LogP contribution is 2.42. The largest absolute Gasteiger partial charge is 0.497 e.